The monoisotopic (exact) mass is 376 g/mol. The maximum Gasteiger partial charge on any atom is 0.162 e. The smallest absolute Gasteiger partial charge is 0.162 e. The molecule has 0 bridgehead atoms. The summed E-state index contributed by atoms with van der Waals surface area (Å²) >= 11 is 12.3. The highest BCUT2D eigenvalue weighted by Gasteiger charge is 2.36. The van der Waals surface area contributed by atoms with Gasteiger partial charge in [-0.05, 0) is 30.5 Å². The zero-order valence-electron chi connectivity index (χ0n) is 13.5. The molecule has 0 atom stereocenters. The molecule has 3 aromatic rings. The highest BCUT2D eigenvalue weighted by Crippen LogP contribution is 2.38. The minimum Gasteiger partial charge on any atom is -0.355 e. The number of aromatic amines is 1. The van der Waals surface area contributed by atoms with Gasteiger partial charge in [0, 0.05) is 25.0 Å². The van der Waals surface area contributed by atoms with Crippen molar-refractivity contribution < 1.29 is 0 Å². The van der Waals surface area contributed by atoms with E-state index in [1.165, 1.54) is 0 Å². The van der Waals surface area contributed by atoms with Gasteiger partial charge < -0.3 is 15.6 Å². The van der Waals surface area contributed by atoms with Gasteiger partial charge in [0.1, 0.15) is 11.8 Å². The van der Waals surface area contributed by atoms with Crippen LogP contribution in [0.1, 0.15) is 18.4 Å². The lowest BCUT2D eigenvalue weighted by atomic mass is 9.73. The normalized spacial score (nSPS) is 17.2. The lowest BCUT2D eigenvalue weighted by Gasteiger charge is -2.42. The highest BCUT2D eigenvalue weighted by atomic mass is 35.5. The molecule has 1 aliphatic rings. The summed E-state index contributed by atoms with van der Waals surface area (Å²) in [6.45, 7) is 2.26. The Hall–Kier alpha value is -1.89. The van der Waals surface area contributed by atoms with Crippen molar-refractivity contribution in [3.8, 4) is 0 Å². The SMILES string of the molecule is NCC1(c2ccc(Cl)c(Cl)c2)CCN(c2ncnc3[nH]cnc23)CC1. The van der Waals surface area contributed by atoms with Gasteiger partial charge in [0.15, 0.2) is 11.5 Å². The van der Waals surface area contributed by atoms with Gasteiger partial charge in [0.25, 0.3) is 0 Å². The minimum absolute atomic E-state index is 0.0948. The van der Waals surface area contributed by atoms with E-state index in [2.05, 4.69) is 24.8 Å². The molecular formula is C17H18Cl2N6. The number of anilines is 1. The number of aromatic nitrogens is 4. The molecule has 1 aliphatic heterocycles. The Morgan fingerprint density at radius 2 is 1.92 bits per heavy atom. The average molecular weight is 377 g/mol. The number of nitrogens with zero attached hydrogens (tertiary/aromatic N) is 4. The Bertz CT molecular complexity index is 901. The Morgan fingerprint density at radius 1 is 1.12 bits per heavy atom. The molecule has 6 nitrogen and oxygen atoms in total. The predicted octanol–water partition coefficient (Wildman–Crippen LogP) is 3.16. The molecule has 0 saturated carbocycles. The van der Waals surface area contributed by atoms with Crippen LogP contribution in [-0.4, -0.2) is 39.6 Å². The minimum atomic E-state index is -0.0948. The zero-order valence-corrected chi connectivity index (χ0v) is 15.1. The number of benzene rings is 1. The van der Waals surface area contributed by atoms with Crippen molar-refractivity contribution in [3.05, 3.63) is 46.5 Å². The van der Waals surface area contributed by atoms with E-state index in [0.29, 0.717) is 16.6 Å². The van der Waals surface area contributed by atoms with E-state index < -0.39 is 0 Å². The van der Waals surface area contributed by atoms with E-state index in [-0.39, 0.29) is 5.41 Å². The van der Waals surface area contributed by atoms with E-state index in [1.807, 2.05) is 18.2 Å². The molecule has 1 fully saturated rings. The van der Waals surface area contributed by atoms with Gasteiger partial charge in [-0.2, -0.15) is 0 Å². The number of nitrogens with one attached hydrogen (secondary N) is 1. The highest BCUT2D eigenvalue weighted by molar-refractivity contribution is 6.42. The van der Waals surface area contributed by atoms with Crippen molar-refractivity contribution in [2.24, 2.45) is 5.73 Å². The molecule has 1 saturated heterocycles. The topological polar surface area (TPSA) is 83.7 Å². The first-order valence-corrected chi connectivity index (χ1v) is 8.93. The average Bonchev–Trinajstić information content (AvgIpc) is 3.13. The molecule has 8 heteroatoms. The number of H-pyrrole nitrogens is 1. The first-order valence-electron chi connectivity index (χ1n) is 8.18. The Balaban J connectivity index is 1.61. The number of rotatable bonds is 3. The Labute approximate surface area is 155 Å². The fourth-order valence-electron chi connectivity index (χ4n) is 3.57. The van der Waals surface area contributed by atoms with Crippen LogP contribution in [0.5, 0.6) is 0 Å². The molecule has 2 aromatic heterocycles. The molecule has 0 amide bonds. The molecule has 0 spiro atoms. The van der Waals surface area contributed by atoms with Gasteiger partial charge >= 0.3 is 0 Å². The third-order valence-corrected chi connectivity index (χ3v) is 5.88. The lowest BCUT2D eigenvalue weighted by Crippen LogP contribution is -2.47. The van der Waals surface area contributed by atoms with Crippen LogP contribution in [0.2, 0.25) is 10.0 Å². The predicted molar refractivity (Wildman–Crippen MR) is 100 cm³/mol. The van der Waals surface area contributed by atoms with Crippen LogP contribution in [0.4, 0.5) is 5.82 Å². The summed E-state index contributed by atoms with van der Waals surface area (Å²) in [6, 6.07) is 5.83. The molecule has 3 N–H and O–H groups in total. The van der Waals surface area contributed by atoms with Crippen molar-refractivity contribution >= 4 is 40.2 Å². The van der Waals surface area contributed by atoms with Crippen LogP contribution in [0.15, 0.2) is 30.9 Å². The third kappa shape index (κ3) is 2.84. The maximum atomic E-state index is 6.22. The first-order chi connectivity index (χ1) is 12.1. The van der Waals surface area contributed by atoms with Gasteiger partial charge in [-0.25, -0.2) is 15.0 Å². The number of hydrogen-bond donors (Lipinski definition) is 2. The molecule has 1 aromatic carbocycles. The van der Waals surface area contributed by atoms with E-state index >= 15 is 0 Å². The van der Waals surface area contributed by atoms with E-state index in [1.54, 1.807) is 12.7 Å². The molecular weight excluding hydrogens is 359 g/mol. The number of nitrogens with two attached hydrogens (primary N) is 1. The van der Waals surface area contributed by atoms with Crippen LogP contribution >= 0.6 is 23.2 Å². The van der Waals surface area contributed by atoms with Crippen LogP contribution in [-0.2, 0) is 5.41 Å². The molecule has 130 valence electrons. The largest absolute Gasteiger partial charge is 0.355 e. The van der Waals surface area contributed by atoms with Gasteiger partial charge in [-0.3, -0.25) is 0 Å². The van der Waals surface area contributed by atoms with E-state index in [9.17, 15) is 0 Å². The van der Waals surface area contributed by atoms with Crippen LogP contribution < -0.4 is 10.6 Å². The fraction of sp³-hybridized carbons (Fsp3) is 0.353. The summed E-state index contributed by atoms with van der Waals surface area (Å²) in [4.78, 5) is 18.3. The number of halogens is 2. The van der Waals surface area contributed by atoms with Gasteiger partial charge in [0.05, 0.1) is 16.4 Å². The van der Waals surface area contributed by atoms with Crippen molar-refractivity contribution in [2.45, 2.75) is 18.3 Å². The van der Waals surface area contributed by atoms with Gasteiger partial charge in [-0.15, -0.1) is 0 Å². The lowest BCUT2D eigenvalue weighted by molar-refractivity contribution is 0.339. The van der Waals surface area contributed by atoms with E-state index in [0.717, 1.165) is 48.5 Å². The summed E-state index contributed by atoms with van der Waals surface area (Å²) < 4.78 is 0. The number of imidazole rings is 1. The molecule has 4 rings (SSSR count). The van der Waals surface area contributed by atoms with Crippen molar-refractivity contribution in [3.63, 3.8) is 0 Å². The number of hydrogen-bond acceptors (Lipinski definition) is 5. The van der Waals surface area contributed by atoms with Crippen LogP contribution in [0, 0.1) is 0 Å². The van der Waals surface area contributed by atoms with Crippen molar-refractivity contribution in [1.29, 1.82) is 0 Å². The standard InChI is InChI=1S/C17H18Cl2N6/c18-12-2-1-11(7-13(12)19)17(8-20)3-5-25(6-4-17)16-14-15(22-9-21-14)23-10-24-16/h1-2,7,9-10H,3-6,8,20H2,(H,21,22,23,24). The van der Waals surface area contributed by atoms with Gasteiger partial charge in [-0.1, -0.05) is 29.3 Å². The second-order valence-electron chi connectivity index (χ2n) is 6.40. The Kier molecular flexibility index (Phi) is 4.27. The maximum absolute atomic E-state index is 6.22. The second kappa shape index (κ2) is 6.44. The summed E-state index contributed by atoms with van der Waals surface area (Å²) in [5.41, 5.74) is 8.79. The molecule has 25 heavy (non-hydrogen) atoms. The molecule has 3 heterocycles. The van der Waals surface area contributed by atoms with E-state index in [4.69, 9.17) is 28.9 Å². The van der Waals surface area contributed by atoms with Crippen molar-refractivity contribution in [2.75, 3.05) is 24.5 Å². The van der Waals surface area contributed by atoms with Gasteiger partial charge in [0.2, 0.25) is 0 Å². The molecule has 0 radical (unpaired) electrons. The third-order valence-electron chi connectivity index (χ3n) is 5.14. The van der Waals surface area contributed by atoms with Crippen LogP contribution in [0.3, 0.4) is 0 Å². The van der Waals surface area contributed by atoms with Crippen molar-refractivity contribution in [1.82, 2.24) is 19.9 Å². The summed E-state index contributed by atoms with van der Waals surface area (Å²) in [7, 11) is 0. The quantitative estimate of drug-likeness (QED) is 0.733. The zero-order chi connectivity index (χ0) is 17.4. The van der Waals surface area contributed by atoms with Crippen LogP contribution in [0.25, 0.3) is 11.2 Å². The summed E-state index contributed by atoms with van der Waals surface area (Å²) in [6.07, 6.45) is 5.04. The molecule has 0 unspecified atom stereocenters. The molecule has 0 aliphatic carbocycles. The summed E-state index contributed by atoms with van der Waals surface area (Å²) in [5.74, 6) is 0.867. The first kappa shape index (κ1) is 16.6. The second-order valence-corrected chi connectivity index (χ2v) is 7.21. The summed E-state index contributed by atoms with van der Waals surface area (Å²) in [5, 5.41) is 1.14. The number of piperidine rings is 1. The fourth-order valence-corrected chi connectivity index (χ4v) is 3.86. The number of fused-ring (bicyclic) bond motifs is 1. The Morgan fingerprint density at radius 3 is 2.64 bits per heavy atom.